The highest BCUT2D eigenvalue weighted by atomic mass is 16.5. The van der Waals surface area contributed by atoms with Gasteiger partial charge in [0.2, 0.25) is 0 Å². The van der Waals surface area contributed by atoms with E-state index in [-0.39, 0.29) is 18.0 Å². The highest BCUT2D eigenvalue weighted by Gasteiger charge is 2.16. The van der Waals surface area contributed by atoms with Gasteiger partial charge in [0.15, 0.2) is 0 Å². The predicted octanol–water partition coefficient (Wildman–Crippen LogP) is 2.81. The summed E-state index contributed by atoms with van der Waals surface area (Å²) < 4.78 is 10.4. The summed E-state index contributed by atoms with van der Waals surface area (Å²) in [6.45, 7) is 3.80. The average Bonchev–Trinajstić information content (AvgIpc) is 2.27. The van der Waals surface area contributed by atoms with Crippen molar-refractivity contribution in [1.29, 1.82) is 0 Å². The Labute approximate surface area is 90.6 Å². The molecule has 1 N–H and O–H groups in total. The molecule has 1 rings (SSSR count). The van der Waals surface area contributed by atoms with Crippen LogP contribution in [0.5, 0.6) is 5.75 Å². The van der Waals surface area contributed by atoms with E-state index in [2.05, 4.69) is 0 Å². The van der Waals surface area contributed by atoms with Gasteiger partial charge >= 0.3 is 0 Å². The third-order valence-electron chi connectivity index (χ3n) is 2.68. The number of phenolic OH excluding ortho intramolecular Hbond substituents is 1. The van der Waals surface area contributed by atoms with Crippen molar-refractivity contribution in [2.75, 3.05) is 14.2 Å². The van der Waals surface area contributed by atoms with Crippen LogP contribution in [0.4, 0.5) is 0 Å². The molecule has 0 spiro atoms. The summed E-state index contributed by atoms with van der Waals surface area (Å²) in [6.07, 6.45) is -0.233. The standard InChI is InChI=1S/C12H18O3/c1-8(14-3)10-6-5-7-11(12(10)13)9(2)15-4/h5-9,13H,1-4H3. The van der Waals surface area contributed by atoms with Crippen molar-refractivity contribution in [3.05, 3.63) is 29.3 Å². The second-order valence-corrected chi connectivity index (χ2v) is 3.54. The van der Waals surface area contributed by atoms with E-state index in [0.717, 1.165) is 11.1 Å². The molecule has 0 aromatic heterocycles. The first-order valence-electron chi connectivity index (χ1n) is 4.99. The van der Waals surface area contributed by atoms with Gasteiger partial charge in [-0.3, -0.25) is 0 Å². The summed E-state index contributed by atoms with van der Waals surface area (Å²) in [4.78, 5) is 0. The lowest BCUT2D eigenvalue weighted by Crippen LogP contribution is -2.01. The molecule has 0 radical (unpaired) electrons. The quantitative estimate of drug-likeness (QED) is 0.830. The maximum absolute atomic E-state index is 10.0. The van der Waals surface area contributed by atoms with Crippen LogP contribution in [0.25, 0.3) is 0 Å². The first-order chi connectivity index (χ1) is 7.11. The monoisotopic (exact) mass is 210 g/mol. The van der Waals surface area contributed by atoms with E-state index >= 15 is 0 Å². The summed E-state index contributed by atoms with van der Waals surface area (Å²) in [5.41, 5.74) is 1.58. The summed E-state index contributed by atoms with van der Waals surface area (Å²) in [5, 5.41) is 10.0. The van der Waals surface area contributed by atoms with Crippen LogP contribution in [0.3, 0.4) is 0 Å². The van der Waals surface area contributed by atoms with E-state index < -0.39 is 0 Å². The van der Waals surface area contributed by atoms with Crippen LogP contribution in [-0.2, 0) is 9.47 Å². The molecule has 3 heteroatoms. The summed E-state index contributed by atoms with van der Waals surface area (Å²) >= 11 is 0. The Balaban J connectivity index is 3.11. The van der Waals surface area contributed by atoms with Gasteiger partial charge in [-0.2, -0.15) is 0 Å². The van der Waals surface area contributed by atoms with Crippen LogP contribution < -0.4 is 0 Å². The normalized spacial score (nSPS) is 14.9. The highest BCUT2D eigenvalue weighted by molar-refractivity contribution is 5.42. The molecule has 0 saturated carbocycles. The van der Waals surface area contributed by atoms with Gasteiger partial charge in [0.1, 0.15) is 5.75 Å². The number of benzene rings is 1. The molecular weight excluding hydrogens is 192 g/mol. The average molecular weight is 210 g/mol. The molecule has 2 atom stereocenters. The van der Waals surface area contributed by atoms with Crippen molar-refractivity contribution in [2.45, 2.75) is 26.1 Å². The van der Waals surface area contributed by atoms with Crippen molar-refractivity contribution in [1.82, 2.24) is 0 Å². The molecular formula is C12H18O3. The second kappa shape index (κ2) is 5.14. The molecule has 0 bridgehead atoms. The van der Waals surface area contributed by atoms with E-state index in [9.17, 15) is 5.11 Å². The minimum atomic E-state index is -0.117. The fourth-order valence-electron chi connectivity index (χ4n) is 1.49. The van der Waals surface area contributed by atoms with E-state index in [1.165, 1.54) is 0 Å². The van der Waals surface area contributed by atoms with Crippen LogP contribution in [0.15, 0.2) is 18.2 Å². The third kappa shape index (κ3) is 2.49. The van der Waals surface area contributed by atoms with Gasteiger partial charge in [0, 0.05) is 25.3 Å². The Bertz CT molecular complexity index is 294. The molecule has 0 aliphatic heterocycles. The molecule has 0 saturated heterocycles. The molecule has 1 aromatic carbocycles. The number of hydrogen-bond acceptors (Lipinski definition) is 3. The molecule has 0 aliphatic rings. The Kier molecular flexibility index (Phi) is 4.12. The second-order valence-electron chi connectivity index (χ2n) is 3.54. The van der Waals surface area contributed by atoms with Crippen molar-refractivity contribution in [2.24, 2.45) is 0 Å². The molecule has 3 nitrogen and oxygen atoms in total. The van der Waals surface area contributed by atoms with Crippen molar-refractivity contribution in [3.63, 3.8) is 0 Å². The number of hydrogen-bond donors (Lipinski definition) is 1. The zero-order chi connectivity index (χ0) is 11.4. The fraction of sp³-hybridized carbons (Fsp3) is 0.500. The van der Waals surface area contributed by atoms with Gasteiger partial charge in [-0.25, -0.2) is 0 Å². The molecule has 2 unspecified atom stereocenters. The number of rotatable bonds is 4. The molecule has 84 valence electrons. The van der Waals surface area contributed by atoms with Gasteiger partial charge in [0.25, 0.3) is 0 Å². The molecule has 0 heterocycles. The lowest BCUT2D eigenvalue weighted by Gasteiger charge is -2.17. The first kappa shape index (κ1) is 12.0. The SMILES string of the molecule is COC(C)c1cccc(C(C)OC)c1O. The zero-order valence-electron chi connectivity index (χ0n) is 9.65. The van der Waals surface area contributed by atoms with Gasteiger partial charge < -0.3 is 14.6 Å². The van der Waals surface area contributed by atoms with E-state index in [1.807, 2.05) is 32.0 Å². The topological polar surface area (TPSA) is 38.7 Å². The molecule has 15 heavy (non-hydrogen) atoms. The Hall–Kier alpha value is -1.06. The third-order valence-corrected chi connectivity index (χ3v) is 2.68. The smallest absolute Gasteiger partial charge is 0.127 e. The summed E-state index contributed by atoms with van der Waals surface area (Å²) in [7, 11) is 3.24. The lowest BCUT2D eigenvalue weighted by molar-refractivity contribution is 0.109. The highest BCUT2D eigenvalue weighted by Crippen LogP contribution is 2.33. The van der Waals surface area contributed by atoms with Crippen LogP contribution in [0.1, 0.15) is 37.2 Å². The van der Waals surface area contributed by atoms with Gasteiger partial charge in [-0.05, 0) is 13.8 Å². The zero-order valence-corrected chi connectivity index (χ0v) is 9.65. The first-order valence-corrected chi connectivity index (χ1v) is 4.99. The van der Waals surface area contributed by atoms with Gasteiger partial charge in [0.05, 0.1) is 12.2 Å². The van der Waals surface area contributed by atoms with Crippen LogP contribution >= 0.6 is 0 Å². The van der Waals surface area contributed by atoms with E-state index in [0.29, 0.717) is 0 Å². The van der Waals surface area contributed by atoms with Crippen molar-refractivity contribution >= 4 is 0 Å². The number of aromatic hydroxyl groups is 1. The number of phenols is 1. The van der Waals surface area contributed by atoms with Gasteiger partial charge in [-0.1, -0.05) is 18.2 Å². The summed E-state index contributed by atoms with van der Waals surface area (Å²) in [5.74, 6) is 0.265. The Morgan fingerprint density at radius 2 is 1.40 bits per heavy atom. The number of para-hydroxylation sites is 1. The van der Waals surface area contributed by atoms with Crippen molar-refractivity contribution in [3.8, 4) is 5.75 Å². The minimum absolute atomic E-state index is 0.117. The lowest BCUT2D eigenvalue weighted by atomic mass is 10.0. The van der Waals surface area contributed by atoms with Crippen LogP contribution in [0, 0.1) is 0 Å². The maximum atomic E-state index is 10.0. The maximum Gasteiger partial charge on any atom is 0.127 e. The Morgan fingerprint density at radius 1 is 1.00 bits per heavy atom. The molecule has 0 amide bonds. The molecule has 1 aromatic rings. The summed E-state index contributed by atoms with van der Waals surface area (Å²) in [6, 6.07) is 5.61. The Morgan fingerprint density at radius 3 is 1.73 bits per heavy atom. The number of ether oxygens (including phenoxy) is 2. The predicted molar refractivity (Wildman–Crippen MR) is 59.0 cm³/mol. The van der Waals surface area contributed by atoms with E-state index in [1.54, 1.807) is 14.2 Å². The molecule has 0 fully saturated rings. The van der Waals surface area contributed by atoms with Crippen LogP contribution in [-0.4, -0.2) is 19.3 Å². The van der Waals surface area contributed by atoms with Crippen LogP contribution in [0.2, 0.25) is 0 Å². The minimum Gasteiger partial charge on any atom is -0.507 e. The van der Waals surface area contributed by atoms with Gasteiger partial charge in [-0.15, -0.1) is 0 Å². The van der Waals surface area contributed by atoms with Crippen molar-refractivity contribution < 1.29 is 14.6 Å². The fourth-order valence-corrected chi connectivity index (χ4v) is 1.49. The molecule has 0 aliphatic carbocycles. The number of methoxy groups -OCH3 is 2. The largest absolute Gasteiger partial charge is 0.507 e. The van der Waals surface area contributed by atoms with E-state index in [4.69, 9.17) is 9.47 Å².